The quantitative estimate of drug-likeness (QED) is 0.840. The second-order valence-electron chi connectivity index (χ2n) is 7.84. The van der Waals surface area contributed by atoms with Crippen LogP contribution in [0.5, 0.6) is 0 Å². The third kappa shape index (κ3) is 4.81. The Morgan fingerprint density at radius 2 is 2.08 bits per heavy atom. The summed E-state index contributed by atoms with van der Waals surface area (Å²) in [7, 11) is 1.81. The summed E-state index contributed by atoms with van der Waals surface area (Å²) in [5.41, 5.74) is 2.95. The van der Waals surface area contributed by atoms with Crippen molar-refractivity contribution in [2.24, 2.45) is 5.41 Å². The molecule has 0 aromatic heterocycles. The lowest BCUT2D eigenvalue weighted by Gasteiger charge is -2.25. The van der Waals surface area contributed by atoms with Crippen LogP contribution in [0.15, 0.2) is 18.2 Å². The smallest absolute Gasteiger partial charge is 0.320 e. The third-order valence-corrected chi connectivity index (χ3v) is 4.50. The molecule has 2 N–H and O–H groups in total. The van der Waals surface area contributed by atoms with Crippen LogP contribution < -0.4 is 5.32 Å². The zero-order chi connectivity index (χ0) is 17.9. The summed E-state index contributed by atoms with van der Waals surface area (Å²) in [5, 5.41) is 12.5. The predicted octanol–water partition coefficient (Wildman–Crippen LogP) is 2.68. The number of aliphatic carboxylic acids is 1. The number of hydrogen-bond donors (Lipinski definition) is 2. The van der Waals surface area contributed by atoms with Crippen molar-refractivity contribution in [3.05, 3.63) is 34.9 Å². The topological polar surface area (TPSA) is 69.6 Å². The molecule has 0 fully saturated rings. The van der Waals surface area contributed by atoms with Gasteiger partial charge in [0.2, 0.25) is 0 Å². The number of likely N-dealkylation sites (N-methyl/N-ethyl adjacent to an activating group) is 1. The molecule has 2 rings (SSSR count). The van der Waals surface area contributed by atoms with Crippen molar-refractivity contribution >= 4 is 11.9 Å². The van der Waals surface area contributed by atoms with Crippen LogP contribution in [0, 0.1) is 5.41 Å². The van der Waals surface area contributed by atoms with E-state index in [1.807, 2.05) is 25.2 Å². The first-order chi connectivity index (χ1) is 11.2. The highest BCUT2D eigenvalue weighted by Gasteiger charge is 2.23. The van der Waals surface area contributed by atoms with E-state index in [-0.39, 0.29) is 11.3 Å². The molecule has 0 saturated carbocycles. The second kappa shape index (κ2) is 7.34. The number of carbonyl (C=O) groups excluding carboxylic acids is 1. The lowest BCUT2D eigenvalue weighted by atomic mass is 9.88. The molecule has 0 aliphatic carbocycles. The van der Waals surface area contributed by atoms with Gasteiger partial charge in [-0.05, 0) is 41.9 Å². The van der Waals surface area contributed by atoms with Gasteiger partial charge in [-0.1, -0.05) is 32.9 Å². The van der Waals surface area contributed by atoms with Gasteiger partial charge in [0.25, 0.3) is 5.91 Å². The Hall–Kier alpha value is -1.88. The Kier molecular flexibility index (Phi) is 5.65. The largest absolute Gasteiger partial charge is 0.480 e. The molecular weight excluding hydrogens is 304 g/mol. The maximum Gasteiger partial charge on any atom is 0.320 e. The summed E-state index contributed by atoms with van der Waals surface area (Å²) in [6.45, 7) is 7.57. The normalized spacial score (nSPS) is 16.0. The number of carboxylic acid groups (broad SMARTS) is 1. The Morgan fingerprint density at radius 3 is 2.71 bits per heavy atom. The first-order valence-electron chi connectivity index (χ1n) is 8.51. The number of nitrogens with one attached hydrogen (secondary N) is 1. The number of hydrogen-bond acceptors (Lipinski definition) is 3. The van der Waals surface area contributed by atoms with Gasteiger partial charge < -0.3 is 15.3 Å². The minimum absolute atomic E-state index is 0.0596. The fourth-order valence-corrected chi connectivity index (χ4v) is 2.90. The second-order valence-corrected chi connectivity index (χ2v) is 7.84. The number of benzene rings is 1. The summed E-state index contributed by atoms with van der Waals surface area (Å²) in [5.74, 6) is -0.752. The molecule has 1 aromatic rings. The van der Waals surface area contributed by atoms with E-state index in [1.165, 1.54) is 0 Å². The summed E-state index contributed by atoms with van der Waals surface area (Å²) in [4.78, 5) is 25.3. The van der Waals surface area contributed by atoms with E-state index in [2.05, 4.69) is 26.1 Å². The maximum absolute atomic E-state index is 12.1. The maximum atomic E-state index is 12.1. The van der Waals surface area contributed by atoms with Crippen molar-refractivity contribution in [3.8, 4) is 0 Å². The highest BCUT2D eigenvalue weighted by molar-refractivity contribution is 5.96. The summed E-state index contributed by atoms with van der Waals surface area (Å²) < 4.78 is 0. The fraction of sp³-hybridized carbons (Fsp3) is 0.579. The van der Waals surface area contributed by atoms with Crippen LogP contribution in [0.2, 0.25) is 0 Å². The zero-order valence-electron chi connectivity index (χ0n) is 15.1. The van der Waals surface area contributed by atoms with Crippen molar-refractivity contribution in [1.29, 1.82) is 0 Å². The van der Waals surface area contributed by atoms with E-state index in [0.29, 0.717) is 13.0 Å². The van der Waals surface area contributed by atoms with E-state index < -0.39 is 12.0 Å². The van der Waals surface area contributed by atoms with E-state index in [1.54, 1.807) is 4.90 Å². The van der Waals surface area contributed by atoms with E-state index in [0.717, 1.165) is 36.1 Å². The molecule has 0 spiro atoms. The van der Waals surface area contributed by atoms with Crippen LogP contribution in [-0.4, -0.2) is 41.5 Å². The van der Waals surface area contributed by atoms with Crippen LogP contribution in [0.4, 0.5) is 0 Å². The van der Waals surface area contributed by atoms with Crippen molar-refractivity contribution in [3.63, 3.8) is 0 Å². The first-order valence-corrected chi connectivity index (χ1v) is 8.51. The molecule has 1 amide bonds. The molecular formula is C19H28N2O3. The van der Waals surface area contributed by atoms with E-state index >= 15 is 0 Å². The molecule has 1 heterocycles. The molecule has 1 aliphatic rings. The van der Waals surface area contributed by atoms with Gasteiger partial charge in [0, 0.05) is 25.7 Å². The molecule has 0 saturated heterocycles. The van der Waals surface area contributed by atoms with Crippen LogP contribution in [0.25, 0.3) is 0 Å². The monoisotopic (exact) mass is 332 g/mol. The standard InChI is InChI=1S/C19H28N2O3/c1-19(2,3)9-7-16(18(23)24)20-12-13-5-6-15-14(11-13)8-10-21(4)17(15)22/h5-6,11,16,20H,7-10,12H2,1-4H3,(H,23,24). The van der Waals surface area contributed by atoms with Crippen LogP contribution in [-0.2, 0) is 17.8 Å². The summed E-state index contributed by atoms with van der Waals surface area (Å²) >= 11 is 0. The average Bonchev–Trinajstić information content (AvgIpc) is 2.49. The zero-order valence-corrected chi connectivity index (χ0v) is 15.1. The third-order valence-electron chi connectivity index (χ3n) is 4.50. The molecule has 24 heavy (non-hydrogen) atoms. The minimum Gasteiger partial charge on any atom is -0.480 e. The van der Waals surface area contributed by atoms with Crippen molar-refractivity contribution < 1.29 is 14.7 Å². The highest BCUT2D eigenvalue weighted by atomic mass is 16.4. The van der Waals surface area contributed by atoms with Crippen molar-refractivity contribution in [2.75, 3.05) is 13.6 Å². The first kappa shape index (κ1) is 18.5. The van der Waals surface area contributed by atoms with Crippen LogP contribution in [0.1, 0.15) is 55.1 Å². The molecule has 0 bridgehead atoms. The summed E-state index contributed by atoms with van der Waals surface area (Å²) in [6, 6.07) is 5.24. The number of amides is 1. The van der Waals surface area contributed by atoms with Gasteiger partial charge in [0.1, 0.15) is 6.04 Å². The number of fused-ring (bicyclic) bond motifs is 1. The number of nitrogens with zero attached hydrogens (tertiary/aromatic N) is 1. The molecule has 1 aromatic carbocycles. The molecule has 0 radical (unpaired) electrons. The Labute approximate surface area is 144 Å². The Bertz CT molecular complexity index is 620. The average molecular weight is 332 g/mol. The Balaban J connectivity index is 2.00. The van der Waals surface area contributed by atoms with Gasteiger partial charge in [-0.2, -0.15) is 0 Å². The van der Waals surface area contributed by atoms with Gasteiger partial charge >= 0.3 is 5.97 Å². The number of rotatable bonds is 6. The van der Waals surface area contributed by atoms with Crippen molar-refractivity contribution in [1.82, 2.24) is 10.2 Å². The van der Waals surface area contributed by atoms with Gasteiger partial charge in [-0.3, -0.25) is 9.59 Å². The molecule has 132 valence electrons. The molecule has 1 aliphatic heterocycles. The van der Waals surface area contributed by atoms with Gasteiger partial charge in [0.15, 0.2) is 0 Å². The predicted molar refractivity (Wildman–Crippen MR) is 94.1 cm³/mol. The Morgan fingerprint density at radius 1 is 1.38 bits per heavy atom. The van der Waals surface area contributed by atoms with Gasteiger partial charge in [0.05, 0.1) is 0 Å². The molecule has 5 heteroatoms. The van der Waals surface area contributed by atoms with Crippen LogP contribution >= 0.6 is 0 Å². The SMILES string of the molecule is CN1CCc2cc(CNC(CCC(C)(C)C)C(=O)O)ccc2C1=O. The molecule has 5 nitrogen and oxygen atoms in total. The minimum atomic E-state index is -0.811. The van der Waals surface area contributed by atoms with Gasteiger partial charge in [-0.25, -0.2) is 0 Å². The number of carboxylic acids is 1. The fourth-order valence-electron chi connectivity index (χ4n) is 2.90. The lowest BCUT2D eigenvalue weighted by Crippen LogP contribution is -2.37. The van der Waals surface area contributed by atoms with Crippen LogP contribution in [0.3, 0.4) is 0 Å². The van der Waals surface area contributed by atoms with Crippen molar-refractivity contribution in [2.45, 2.75) is 52.6 Å². The lowest BCUT2D eigenvalue weighted by molar-refractivity contribution is -0.139. The number of carbonyl (C=O) groups is 2. The highest BCUT2D eigenvalue weighted by Crippen LogP contribution is 2.22. The van der Waals surface area contributed by atoms with Gasteiger partial charge in [-0.15, -0.1) is 0 Å². The van der Waals surface area contributed by atoms with E-state index in [9.17, 15) is 14.7 Å². The molecule has 1 atom stereocenters. The van der Waals surface area contributed by atoms with E-state index in [4.69, 9.17) is 0 Å². The summed E-state index contributed by atoms with van der Waals surface area (Å²) in [6.07, 6.45) is 2.30. The molecule has 1 unspecified atom stereocenters.